The molecule has 3 aromatic rings. The first-order valence-corrected chi connectivity index (χ1v) is 7.67. The highest BCUT2D eigenvalue weighted by atomic mass is 32.1. The van der Waals surface area contributed by atoms with Crippen LogP contribution in [0.1, 0.15) is 16.1 Å². The molecule has 0 saturated carbocycles. The maximum absolute atomic E-state index is 14.2. The quantitative estimate of drug-likeness (QED) is 0.761. The van der Waals surface area contributed by atoms with Crippen LogP contribution < -0.4 is 4.74 Å². The minimum absolute atomic E-state index is 0.0891. The highest BCUT2D eigenvalue weighted by Crippen LogP contribution is 2.29. The van der Waals surface area contributed by atoms with Gasteiger partial charge in [0.2, 0.25) is 0 Å². The average molecular weight is 329 g/mol. The zero-order valence-electron chi connectivity index (χ0n) is 11.9. The Bertz CT molecular complexity index is 833. The Morgan fingerprint density at radius 2 is 2.00 bits per heavy atom. The van der Waals surface area contributed by atoms with Crippen LogP contribution >= 0.6 is 11.3 Å². The fraction of sp³-hybridized carbons (Fsp3) is 0.0588. The smallest absolute Gasteiger partial charge is 0.355 e. The molecular weight excluding hydrogens is 317 g/mol. The summed E-state index contributed by atoms with van der Waals surface area (Å²) in [5, 5.41) is 10.6. The molecule has 0 amide bonds. The van der Waals surface area contributed by atoms with Gasteiger partial charge in [-0.25, -0.2) is 14.2 Å². The molecule has 3 rings (SSSR count). The van der Waals surface area contributed by atoms with Crippen LogP contribution in [0.25, 0.3) is 10.6 Å². The van der Waals surface area contributed by atoms with Crippen LogP contribution in [0.5, 0.6) is 5.75 Å². The van der Waals surface area contributed by atoms with Crippen molar-refractivity contribution in [3.05, 3.63) is 71.0 Å². The van der Waals surface area contributed by atoms with E-state index in [0.29, 0.717) is 17.4 Å². The molecule has 0 fully saturated rings. The van der Waals surface area contributed by atoms with Gasteiger partial charge in [-0.15, -0.1) is 11.3 Å². The molecule has 0 unspecified atom stereocenters. The van der Waals surface area contributed by atoms with E-state index in [0.717, 1.165) is 16.9 Å². The maximum atomic E-state index is 14.2. The minimum atomic E-state index is -1.13. The van der Waals surface area contributed by atoms with Gasteiger partial charge in [-0.1, -0.05) is 30.3 Å². The highest BCUT2D eigenvalue weighted by molar-refractivity contribution is 7.13. The second-order valence-electron chi connectivity index (χ2n) is 4.76. The number of rotatable bonds is 5. The molecule has 6 heteroatoms. The van der Waals surface area contributed by atoms with E-state index < -0.39 is 11.8 Å². The number of halogens is 1. The lowest BCUT2D eigenvalue weighted by Gasteiger charge is -2.07. The van der Waals surface area contributed by atoms with Crippen LogP contribution in [0.15, 0.2) is 53.9 Å². The average Bonchev–Trinajstić information content (AvgIpc) is 3.04. The number of hydrogen-bond acceptors (Lipinski definition) is 4. The van der Waals surface area contributed by atoms with E-state index in [-0.39, 0.29) is 11.3 Å². The van der Waals surface area contributed by atoms with Crippen LogP contribution in [0.4, 0.5) is 4.39 Å². The van der Waals surface area contributed by atoms with Gasteiger partial charge in [-0.2, -0.15) is 0 Å². The maximum Gasteiger partial charge on any atom is 0.355 e. The zero-order valence-corrected chi connectivity index (χ0v) is 12.7. The van der Waals surface area contributed by atoms with Crippen LogP contribution in [-0.4, -0.2) is 16.1 Å². The van der Waals surface area contributed by atoms with E-state index in [1.165, 1.54) is 11.4 Å². The Morgan fingerprint density at radius 1 is 1.22 bits per heavy atom. The molecule has 1 heterocycles. The predicted molar refractivity (Wildman–Crippen MR) is 85.2 cm³/mol. The van der Waals surface area contributed by atoms with Gasteiger partial charge in [0.25, 0.3) is 0 Å². The molecule has 0 bridgehead atoms. The Labute approximate surface area is 135 Å². The number of hydrogen-bond donors (Lipinski definition) is 1. The molecule has 0 aliphatic heterocycles. The van der Waals surface area contributed by atoms with Crippen molar-refractivity contribution in [1.29, 1.82) is 0 Å². The number of carbonyl (C=O) groups is 1. The van der Waals surface area contributed by atoms with Crippen molar-refractivity contribution < 1.29 is 19.0 Å². The van der Waals surface area contributed by atoms with E-state index >= 15 is 0 Å². The molecule has 2 aromatic carbocycles. The normalized spacial score (nSPS) is 10.5. The molecule has 0 radical (unpaired) electrons. The van der Waals surface area contributed by atoms with Gasteiger partial charge < -0.3 is 9.84 Å². The summed E-state index contributed by atoms with van der Waals surface area (Å²) in [6.07, 6.45) is 0. The monoisotopic (exact) mass is 329 g/mol. The lowest BCUT2D eigenvalue weighted by Crippen LogP contribution is -1.97. The summed E-state index contributed by atoms with van der Waals surface area (Å²) in [4.78, 5) is 14.7. The molecule has 1 N–H and O–H groups in total. The first-order chi connectivity index (χ1) is 11.1. The van der Waals surface area contributed by atoms with Gasteiger partial charge >= 0.3 is 5.97 Å². The van der Waals surface area contributed by atoms with Crippen molar-refractivity contribution >= 4 is 17.3 Å². The summed E-state index contributed by atoms with van der Waals surface area (Å²) < 4.78 is 19.8. The van der Waals surface area contributed by atoms with Gasteiger partial charge in [0, 0.05) is 17.0 Å². The minimum Gasteiger partial charge on any atom is -0.489 e. The number of aromatic carboxylic acids is 1. The summed E-state index contributed by atoms with van der Waals surface area (Å²) in [6.45, 7) is 0.347. The number of nitrogens with zero attached hydrogens (tertiary/aromatic N) is 1. The van der Waals surface area contributed by atoms with Crippen LogP contribution in [0.3, 0.4) is 0 Å². The van der Waals surface area contributed by atoms with E-state index in [2.05, 4.69) is 4.98 Å². The SMILES string of the molecule is O=C(O)c1csc(-c2ccc(OCc3ccccc3)cc2F)n1. The van der Waals surface area contributed by atoms with Crippen molar-refractivity contribution in [1.82, 2.24) is 4.98 Å². The highest BCUT2D eigenvalue weighted by Gasteiger charge is 2.14. The first kappa shape index (κ1) is 15.2. The lowest BCUT2D eigenvalue weighted by atomic mass is 10.2. The Morgan fingerprint density at radius 3 is 2.65 bits per heavy atom. The Hall–Kier alpha value is -2.73. The molecule has 0 saturated heterocycles. The van der Waals surface area contributed by atoms with Gasteiger partial charge in [-0.05, 0) is 17.7 Å². The molecule has 4 nitrogen and oxygen atoms in total. The number of benzene rings is 2. The second kappa shape index (κ2) is 6.58. The summed E-state index contributed by atoms with van der Waals surface area (Å²) in [6, 6.07) is 14.0. The van der Waals surface area contributed by atoms with Crippen molar-refractivity contribution in [3.8, 4) is 16.3 Å². The summed E-state index contributed by atoms with van der Waals surface area (Å²) in [5.74, 6) is -1.22. The van der Waals surface area contributed by atoms with Crippen molar-refractivity contribution in [2.45, 2.75) is 6.61 Å². The fourth-order valence-electron chi connectivity index (χ4n) is 2.00. The van der Waals surface area contributed by atoms with E-state index in [4.69, 9.17) is 9.84 Å². The van der Waals surface area contributed by atoms with Crippen molar-refractivity contribution in [3.63, 3.8) is 0 Å². The Balaban J connectivity index is 1.76. The van der Waals surface area contributed by atoms with E-state index in [9.17, 15) is 9.18 Å². The molecule has 23 heavy (non-hydrogen) atoms. The standard InChI is InChI=1S/C17H12FNO3S/c18-14-8-12(22-9-11-4-2-1-3-5-11)6-7-13(14)16-19-15(10-23-16)17(20)21/h1-8,10H,9H2,(H,20,21). The zero-order chi connectivity index (χ0) is 16.2. The number of ether oxygens (including phenoxy) is 1. The number of thiazole rings is 1. The topological polar surface area (TPSA) is 59.4 Å². The molecule has 0 aliphatic rings. The molecule has 0 spiro atoms. The molecule has 0 aliphatic carbocycles. The largest absolute Gasteiger partial charge is 0.489 e. The van der Waals surface area contributed by atoms with Gasteiger partial charge in [-0.3, -0.25) is 0 Å². The molecule has 116 valence electrons. The summed E-state index contributed by atoms with van der Waals surface area (Å²) >= 11 is 1.09. The van der Waals surface area contributed by atoms with Crippen LogP contribution in [-0.2, 0) is 6.61 Å². The third-order valence-electron chi connectivity index (χ3n) is 3.14. The number of carboxylic acids is 1. The lowest BCUT2D eigenvalue weighted by molar-refractivity contribution is 0.0691. The van der Waals surface area contributed by atoms with Gasteiger partial charge in [0.1, 0.15) is 23.2 Å². The van der Waals surface area contributed by atoms with Crippen LogP contribution in [0.2, 0.25) is 0 Å². The van der Waals surface area contributed by atoms with E-state index in [1.54, 1.807) is 12.1 Å². The number of aromatic nitrogens is 1. The number of carboxylic acid groups (broad SMARTS) is 1. The van der Waals surface area contributed by atoms with E-state index in [1.807, 2.05) is 30.3 Å². The van der Waals surface area contributed by atoms with Crippen molar-refractivity contribution in [2.75, 3.05) is 0 Å². The summed E-state index contributed by atoms with van der Waals surface area (Å²) in [7, 11) is 0. The third kappa shape index (κ3) is 3.54. The predicted octanol–water partition coefficient (Wildman–Crippen LogP) is 4.23. The van der Waals surface area contributed by atoms with Gasteiger partial charge in [0.05, 0.1) is 0 Å². The molecule has 0 atom stereocenters. The third-order valence-corrected chi connectivity index (χ3v) is 4.02. The molecular formula is C17H12FNO3S. The first-order valence-electron chi connectivity index (χ1n) is 6.79. The van der Waals surface area contributed by atoms with Gasteiger partial charge in [0.15, 0.2) is 5.69 Å². The van der Waals surface area contributed by atoms with Crippen LogP contribution in [0, 0.1) is 5.82 Å². The summed E-state index contributed by atoms with van der Waals surface area (Å²) in [5.41, 5.74) is 1.16. The Kier molecular flexibility index (Phi) is 4.34. The molecule has 1 aromatic heterocycles. The second-order valence-corrected chi connectivity index (χ2v) is 5.62. The fourth-order valence-corrected chi connectivity index (χ4v) is 2.82. The van der Waals surface area contributed by atoms with Crippen molar-refractivity contribution in [2.24, 2.45) is 0 Å².